The Morgan fingerprint density at radius 3 is 2.71 bits per heavy atom. The second kappa shape index (κ2) is 3.35. The van der Waals surface area contributed by atoms with Crippen LogP contribution in [0.4, 0.5) is 0 Å². The molecule has 3 heteroatoms. The molecule has 4 unspecified atom stereocenters. The van der Waals surface area contributed by atoms with Crippen LogP contribution in [-0.2, 0) is 0 Å². The molecule has 3 aliphatic carbocycles. The standard InChI is InChI=1S/C14H16O2S/c1-16-9-4-5-17-14(9)13(15)12-10-7-2-3-8(6-7)11(10)12/h4-5,7-8,10-12H,2-3,6H2,1H3. The number of carbonyl (C=O) groups excluding carboxylic acids is 1. The van der Waals surface area contributed by atoms with Crippen molar-refractivity contribution in [2.45, 2.75) is 19.3 Å². The van der Waals surface area contributed by atoms with Gasteiger partial charge in [-0.3, -0.25) is 4.79 Å². The van der Waals surface area contributed by atoms with Gasteiger partial charge in [-0.05, 0) is 54.4 Å². The molecule has 2 nitrogen and oxygen atoms in total. The lowest BCUT2D eigenvalue weighted by Crippen LogP contribution is -2.09. The minimum Gasteiger partial charge on any atom is -0.495 e. The van der Waals surface area contributed by atoms with Gasteiger partial charge in [0, 0.05) is 5.92 Å². The third-order valence-corrected chi connectivity index (χ3v) is 6.02. The third-order valence-electron chi connectivity index (χ3n) is 5.11. The van der Waals surface area contributed by atoms with Crippen LogP contribution in [-0.4, -0.2) is 12.9 Å². The fraction of sp³-hybridized carbons (Fsp3) is 0.643. The summed E-state index contributed by atoms with van der Waals surface area (Å²) in [5, 5.41) is 1.96. The molecular weight excluding hydrogens is 232 g/mol. The van der Waals surface area contributed by atoms with Gasteiger partial charge in [0.15, 0.2) is 5.78 Å². The van der Waals surface area contributed by atoms with Crippen LogP contribution in [0.3, 0.4) is 0 Å². The zero-order chi connectivity index (χ0) is 11.6. The maximum Gasteiger partial charge on any atom is 0.180 e. The van der Waals surface area contributed by atoms with Crippen LogP contribution in [0.25, 0.3) is 0 Å². The highest BCUT2D eigenvalue weighted by molar-refractivity contribution is 7.12. The number of ether oxygens (including phenoxy) is 1. The van der Waals surface area contributed by atoms with Gasteiger partial charge in [0.2, 0.25) is 0 Å². The highest BCUT2D eigenvalue weighted by atomic mass is 32.1. The summed E-state index contributed by atoms with van der Waals surface area (Å²) in [6, 6.07) is 1.91. The van der Waals surface area contributed by atoms with E-state index in [4.69, 9.17) is 4.74 Å². The Hall–Kier alpha value is -0.830. The van der Waals surface area contributed by atoms with Crippen LogP contribution in [0.1, 0.15) is 28.9 Å². The molecule has 3 fully saturated rings. The molecule has 0 aliphatic heterocycles. The predicted molar refractivity (Wildman–Crippen MR) is 66.5 cm³/mol. The summed E-state index contributed by atoms with van der Waals surface area (Å²) in [5.74, 6) is 4.67. The van der Waals surface area contributed by atoms with Gasteiger partial charge < -0.3 is 4.74 Å². The van der Waals surface area contributed by atoms with E-state index in [1.165, 1.54) is 30.6 Å². The lowest BCUT2D eigenvalue weighted by atomic mass is 9.99. The molecule has 0 amide bonds. The number of thiophene rings is 1. The van der Waals surface area contributed by atoms with Gasteiger partial charge in [-0.2, -0.15) is 0 Å². The van der Waals surface area contributed by atoms with Crippen LogP contribution in [0.2, 0.25) is 0 Å². The molecule has 0 aromatic carbocycles. The van der Waals surface area contributed by atoms with E-state index < -0.39 is 0 Å². The molecule has 1 aromatic heterocycles. The topological polar surface area (TPSA) is 26.3 Å². The maximum absolute atomic E-state index is 12.5. The molecule has 2 bridgehead atoms. The molecule has 3 aliphatic rings. The molecule has 0 saturated heterocycles. The van der Waals surface area contributed by atoms with Gasteiger partial charge >= 0.3 is 0 Å². The average Bonchev–Trinajstić information content (AvgIpc) is 2.78. The first-order valence-corrected chi connectivity index (χ1v) is 7.35. The van der Waals surface area contributed by atoms with E-state index in [0.717, 1.165) is 34.3 Å². The van der Waals surface area contributed by atoms with Crippen molar-refractivity contribution in [3.8, 4) is 5.75 Å². The summed E-state index contributed by atoms with van der Waals surface area (Å²) < 4.78 is 5.27. The van der Waals surface area contributed by atoms with Crippen LogP contribution >= 0.6 is 11.3 Å². The molecule has 90 valence electrons. The van der Waals surface area contributed by atoms with Crippen molar-refractivity contribution >= 4 is 17.1 Å². The lowest BCUT2D eigenvalue weighted by molar-refractivity contribution is 0.0946. The summed E-state index contributed by atoms with van der Waals surface area (Å²) in [4.78, 5) is 13.4. The number of hydrogen-bond donors (Lipinski definition) is 0. The Balaban J connectivity index is 1.60. The Bertz CT molecular complexity index is 462. The van der Waals surface area contributed by atoms with E-state index in [1.54, 1.807) is 7.11 Å². The van der Waals surface area contributed by atoms with Crippen molar-refractivity contribution in [1.82, 2.24) is 0 Å². The van der Waals surface area contributed by atoms with E-state index in [1.807, 2.05) is 11.4 Å². The predicted octanol–water partition coefficient (Wildman–Crippen LogP) is 3.23. The smallest absolute Gasteiger partial charge is 0.180 e. The summed E-state index contributed by atoms with van der Waals surface area (Å²) in [6.45, 7) is 0. The van der Waals surface area contributed by atoms with Crippen molar-refractivity contribution in [3.05, 3.63) is 16.3 Å². The number of fused-ring (bicyclic) bond motifs is 5. The first-order chi connectivity index (χ1) is 8.31. The zero-order valence-electron chi connectivity index (χ0n) is 9.89. The highest BCUT2D eigenvalue weighted by Crippen LogP contribution is 2.70. The minimum absolute atomic E-state index is 0.341. The highest BCUT2D eigenvalue weighted by Gasteiger charge is 2.67. The van der Waals surface area contributed by atoms with Crippen molar-refractivity contribution in [2.75, 3.05) is 7.11 Å². The summed E-state index contributed by atoms with van der Waals surface area (Å²) >= 11 is 1.54. The third kappa shape index (κ3) is 1.23. The monoisotopic (exact) mass is 248 g/mol. The van der Waals surface area contributed by atoms with Crippen molar-refractivity contribution in [2.24, 2.45) is 29.6 Å². The normalized spacial score (nSPS) is 41.4. The molecule has 4 rings (SSSR count). The number of methoxy groups -OCH3 is 1. The van der Waals surface area contributed by atoms with Gasteiger partial charge in [0.25, 0.3) is 0 Å². The summed E-state index contributed by atoms with van der Waals surface area (Å²) in [7, 11) is 1.65. The Kier molecular flexibility index (Phi) is 1.99. The Morgan fingerprint density at radius 2 is 2.06 bits per heavy atom. The molecule has 1 heterocycles. The second-order valence-corrected chi connectivity index (χ2v) is 6.61. The van der Waals surface area contributed by atoms with E-state index >= 15 is 0 Å². The van der Waals surface area contributed by atoms with Gasteiger partial charge in [-0.15, -0.1) is 11.3 Å². The van der Waals surface area contributed by atoms with Crippen LogP contribution in [0, 0.1) is 29.6 Å². The van der Waals surface area contributed by atoms with Crippen LogP contribution in [0.5, 0.6) is 5.75 Å². The zero-order valence-corrected chi connectivity index (χ0v) is 10.7. The molecule has 1 aromatic rings. The van der Waals surface area contributed by atoms with Gasteiger partial charge in [-0.1, -0.05) is 0 Å². The van der Waals surface area contributed by atoms with Gasteiger partial charge in [0.1, 0.15) is 10.6 Å². The van der Waals surface area contributed by atoms with Crippen molar-refractivity contribution < 1.29 is 9.53 Å². The maximum atomic E-state index is 12.5. The largest absolute Gasteiger partial charge is 0.495 e. The van der Waals surface area contributed by atoms with E-state index in [2.05, 4.69) is 0 Å². The second-order valence-electron chi connectivity index (χ2n) is 5.70. The fourth-order valence-corrected chi connectivity index (χ4v) is 5.31. The van der Waals surface area contributed by atoms with Crippen LogP contribution < -0.4 is 4.74 Å². The van der Waals surface area contributed by atoms with Crippen molar-refractivity contribution in [3.63, 3.8) is 0 Å². The van der Waals surface area contributed by atoms with Crippen molar-refractivity contribution in [1.29, 1.82) is 0 Å². The summed E-state index contributed by atoms with van der Waals surface area (Å²) in [6.07, 6.45) is 4.15. The van der Waals surface area contributed by atoms with E-state index in [0.29, 0.717) is 11.7 Å². The van der Waals surface area contributed by atoms with Gasteiger partial charge in [0.05, 0.1) is 7.11 Å². The molecular formula is C14H16O2S. The molecule has 4 atom stereocenters. The SMILES string of the molecule is COc1ccsc1C(=O)C1C2C3CCC(C3)C12. The number of hydrogen-bond acceptors (Lipinski definition) is 3. The molecule has 0 spiro atoms. The van der Waals surface area contributed by atoms with E-state index in [-0.39, 0.29) is 0 Å². The first kappa shape index (κ1) is 10.1. The average molecular weight is 248 g/mol. The fourth-order valence-electron chi connectivity index (χ4n) is 4.46. The number of carbonyl (C=O) groups is 1. The number of Topliss-reactive ketones (excluding diaryl/α,β-unsaturated/α-hetero) is 1. The number of rotatable bonds is 3. The Labute approximate surface area is 105 Å². The molecule has 0 radical (unpaired) electrons. The summed E-state index contributed by atoms with van der Waals surface area (Å²) in [5.41, 5.74) is 0. The lowest BCUT2D eigenvalue weighted by Gasteiger charge is -2.07. The molecule has 3 saturated carbocycles. The van der Waals surface area contributed by atoms with Gasteiger partial charge in [-0.25, -0.2) is 0 Å². The Morgan fingerprint density at radius 1 is 1.35 bits per heavy atom. The molecule has 17 heavy (non-hydrogen) atoms. The van der Waals surface area contributed by atoms with E-state index in [9.17, 15) is 4.79 Å². The number of ketones is 1. The minimum atomic E-state index is 0.341. The quantitative estimate of drug-likeness (QED) is 0.768. The van der Waals surface area contributed by atoms with Crippen LogP contribution in [0.15, 0.2) is 11.4 Å². The first-order valence-electron chi connectivity index (χ1n) is 6.47. The molecule has 0 N–H and O–H groups in total.